The van der Waals surface area contributed by atoms with E-state index in [0.717, 1.165) is 44.0 Å². The Morgan fingerprint density at radius 2 is 2.10 bits per heavy atom. The van der Waals surface area contributed by atoms with E-state index in [4.69, 9.17) is 14.5 Å². The molecule has 1 aromatic carbocycles. The van der Waals surface area contributed by atoms with Gasteiger partial charge in [0.25, 0.3) is 5.56 Å². The van der Waals surface area contributed by atoms with E-state index >= 15 is 0 Å². The lowest BCUT2D eigenvalue weighted by Crippen LogP contribution is -2.42. The SMILES string of the molecule is COc1ccccc1C[C@@H]1[C@@H](C)CCN1c1nc(N2CCOC(C)C2)cc(=O)[nH]1. The summed E-state index contributed by atoms with van der Waals surface area (Å²) in [6.45, 7) is 7.35. The van der Waals surface area contributed by atoms with Gasteiger partial charge in [-0.15, -0.1) is 0 Å². The summed E-state index contributed by atoms with van der Waals surface area (Å²) in [6.07, 6.45) is 2.06. The van der Waals surface area contributed by atoms with Gasteiger partial charge in [-0.25, -0.2) is 0 Å². The lowest BCUT2D eigenvalue weighted by atomic mass is 9.95. The van der Waals surface area contributed by atoms with E-state index in [0.29, 0.717) is 18.5 Å². The first-order valence-corrected chi connectivity index (χ1v) is 10.4. The molecule has 29 heavy (non-hydrogen) atoms. The van der Waals surface area contributed by atoms with Crippen molar-refractivity contribution in [2.24, 2.45) is 5.92 Å². The number of nitrogens with one attached hydrogen (secondary N) is 1. The number of benzene rings is 1. The summed E-state index contributed by atoms with van der Waals surface area (Å²) >= 11 is 0. The maximum atomic E-state index is 12.4. The summed E-state index contributed by atoms with van der Waals surface area (Å²) in [5, 5.41) is 0. The maximum Gasteiger partial charge on any atom is 0.254 e. The molecule has 0 aliphatic carbocycles. The van der Waals surface area contributed by atoms with Crippen LogP contribution < -0.4 is 20.1 Å². The molecule has 7 nitrogen and oxygen atoms in total. The van der Waals surface area contributed by atoms with Crippen molar-refractivity contribution in [2.75, 3.05) is 43.2 Å². The number of anilines is 2. The predicted molar refractivity (Wildman–Crippen MR) is 114 cm³/mol. The first-order valence-electron chi connectivity index (χ1n) is 10.4. The Hall–Kier alpha value is -2.54. The second kappa shape index (κ2) is 8.45. The van der Waals surface area contributed by atoms with Gasteiger partial charge in [0.05, 0.1) is 19.8 Å². The van der Waals surface area contributed by atoms with Crippen LogP contribution in [0, 0.1) is 5.92 Å². The monoisotopic (exact) mass is 398 g/mol. The summed E-state index contributed by atoms with van der Waals surface area (Å²) < 4.78 is 11.2. The number of H-pyrrole nitrogens is 1. The van der Waals surface area contributed by atoms with Crippen molar-refractivity contribution in [2.45, 2.75) is 38.8 Å². The number of nitrogens with zero attached hydrogens (tertiary/aromatic N) is 3. The number of rotatable bonds is 5. The van der Waals surface area contributed by atoms with Crippen molar-refractivity contribution in [3.63, 3.8) is 0 Å². The molecule has 1 aromatic heterocycles. The predicted octanol–water partition coefficient (Wildman–Crippen LogP) is 2.46. The molecule has 2 aliphatic rings. The molecule has 2 saturated heterocycles. The standard InChI is InChI=1S/C22H30N4O3/c1-15-8-9-26(18(15)12-17-6-4-5-7-19(17)28-3)22-23-20(13-21(27)24-22)25-10-11-29-16(2)14-25/h4-7,13,15-16,18H,8-12,14H2,1-3H3,(H,23,24,27)/t15-,16?,18+/m0/s1. The molecule has 0 radical (unpaired) electrons. The summed E-state index contributed by atoms with van der Waals surface area (Å²) in [6, 6.07) is 10.00. The number of para-hydroxylation sites is 1. The minimum absolute atomic E-state index is 0.111. The summed E-state index contributed by atoms with van der Waals surface area (Å²) in [4.78, 5) is 24.7. The molecule has 2 aromatic rings. The third-order valence-electron chi connectivity index (χ3n) is 6.06. The number of morpholine rings is 1. The average molecular weight is 399 g/mol. The number of hydrogen-bond donors (Lipinski definition) is 1. The van der Waals surface area contributed by atoms with Crippen LogP contribution in [0.15, 0.2) is 35.1 Å². The molecule has 1 unspecified atom stereocenters. The number of aromatic amines is 1. The van der Waals surface area contributed by atoms with Gasteiger partial charge in [0.1, 0.15) is 11.6 Å². The van der Waals surface area contributed by atoms with Gasteiger partial charge < -0.3 is 19.3 Å². The van der Waals surface area contributed by atoms with Gasteiger partial charge in [-0.1, -0.05) is 25.1 Å². The highest BCUT2D eigenvalue weighted by Gasteiger charge is 2.34. The summed E-state index contributed by atoms with van der Waals surface area (Å²) in [5.41, 5.74) is 1.07. The van der Waals surface area contributed by atoms with E-state index in [1.807, 2.05) is 25.1 Å². The molecule has 0 amide bonds. The first-order chi connectivity index (χ1) is 14.0. The normalized spacial score (nSPS) is 24.7. The van der Waals surface area contributed by atoms with Crippen molar-refractivity contribution < 1.29 is 9.47 Å². The molecule has 0 spiro atoms. The number of hydrogen-bond acceptors (Lipinski definition) is 6. The molecule has 7 heteroatoms. The smallest absolute Gasteiger partial charge is 0.254 e. The second-order valence-electron chi connectivity index (χ2n) is 8.10. The highest BCUT2D eigenvalue weighted by Crippen LogP contribution is 2.32. The van der Waals surface area contributed by atoms with Crippen LogP contribution in [-0.4, -0.2) is 55.5 Å². The minimum atomic E-state index is -0.111. The van der Waals surface area contributed by atoms with E-state index in [2.05, 4.69) is 27.8 Å². The van der Waals surface area contributed by atoms with Gasteiger partial charge in [0, 0.05) is 31.7 Å². The van der Waals surface area contributed by atoms with Crippen LogP contribution in [-0.2, 0) is 11.2 Å². The fourth-order valence-corrected chi connectivity index (χ4v) is 4.44. The first kappa shape index (κ1) is 19.8. The molecule has 3 heterocycles. The molecule has 2 aliphatic heterocycles. The molecule has 0 bridgehead atoms. The molecule has 1 N–H and O–H groups in total. The van der Waals surface area contributed by atoms with Crippen molar-refractivity contribution in [3.05, 3.63) is 46.2 Å². The zero-order valence-corrected chi connectivity index (χ0v) is 17.4. The van der Waals surface area contributed by atoms with E-state index in [-0.39, 0.29) is 17.7 Å². The Bertz CT molecular complexity index is 900. The van der Waals surface area contributed by atoms with Crippen LogP contribution in [0.3, 0.4) is 0 Å². The highest BCUT2D eigenvalue weighted by molar-refractivity contribution is 5.46. The zero-order valence-electron chi connectivity index (χ0n) is 17.4. The molecule has 2 fully saturated rings. The molecular weight excluding hydrogens is 368 g/mol. The van der Waals surface area contributed by atoms with E-state index in [1.54, 1.807) is 13.2 Å². The molecule has 4 rings (SSSR count). The Balaban J connectivity index is 1.61. The molecule has 0 saturated carbocycles. The zero-order chi connectivity index (χ0) is 20.4. The third-order valence-corrected chi connectivity index (χ3v) is 6.06. The van der Waals surface area contributed by atoms with Gasteiger partial charge in [-0.05, 0) is 37.3 Å². The summed E-state index contributed by atoms with van der Waals surface area (Å²) in [5.74, 6) is 2.80. The van der Waals surface area contributed by atoms with Crippen molar-refractivity contribution >= 4 is 11.8 Å². The number of aromatic nitrogens is 2. The number of ether oxygens (including phenoxy) is 2. The van der Waals surface area contributed by atoms with Crippen LogP contribution in [0.4, 0.5) is 11.8 Å². The van der Waals surface area contributed by atoms with Crippen molar-refractivity contribution in [3.8, 4) is 5.75 Å². The largest absolute Gasteiger partial charge is 0.496 e. The Kier molecular flexibility index (Phi) is 5.76. The van der Waals surface area contributed by atoms with Gasteiger partial charge in [0.15, 0.2) is 0 Å². The molecule has 156 valence electrons. The Labute approximate surface area is 171 Å². The molecule has 3 atom stereocenters. The van der Waals surface area contributed by atoms with Gasteiger partial charge >= 0.3 is 0 Å². The lowest BCUT2D eigenvalue weighted by Gasteiger charge is -2.33. The summed E-state index contributed by atoms with van der Waals surface area (Å²) in [7, 11) is 1.71. The fraction of sp³-hybridized carbons (Fsp3) is 0.545. The van der Waals surface area contributed by atoms with Crippen LogP contribution in [0.2, 0.25) is 0 Å². The topological polar surface area (TPSA) is 70.7 Å². The lowest BCUT2D eigenvalue weighted by molar-refractivity contribution is 0.0529. The van der Waals surface area contributed by atoms with Crippen LogP contribution in [0.5, 0.6) is 5.75 Å². The van der Waals surface area contributed by atoms with Gasteiger partial charge in [0.2, 0.25) is 5.95 Å². The van der Waals surface area contributed by atoms with Gasteiger partial charge in [-0.2, -0.15) is 4.98 Å². The Morgan fingerprint density at radius 3 is 2.90 bits per heavy atom. The van der Waals surface area contributed by atoms with E-state index in [9.17, 15) is 4.79 Å². The second-order valence-corrected chi connectivity index (χ2v) is 8.10. The molecular formula is C22H30N4O3. The van der Waals surface area contributed by atoms with Crippen molar-refractivity contribution in [1.29, 1.82) is 0 Å². The fourth-order valence-electron chi connectivity index (χ4n) is 4.44. The van der Waals surface area contributed by atoms with Crippen molar-refractivity contribution in [1.82, 2.24) is 9.97 Å². The van der Waals surface area contributed by atoms with Crippen LogP contribution in [0.25, 0.3) is 0 Å². The van der Waals surface area contributed by atoms with Crippen LogP contribution in [0.1, 0.15) is 25.8 Å². The average Bonchev–Trinajstić information content (AvgIpc) is 3.08. The minimum Gasteiger partial charge on any atom is -0.496 e. The third kappa shape index (κ3) is 4.24. The number of methoxy groups -OCH3 is 1. The Morgan fingerprint density at radius 1 is 1.28 bits per heavy atom. The quantitative estimate of drug-likeness (QED) is 0.834. The van der Waals surface area contributed by atoms with E-state index < -0.39 is 0 Å². The highest BCUT2D eigenvalue weighted by atomic mass is 16.5. The van der Waals surface area contributed by atoms with E-state index in [1.165, 1.54) is 5.56 Å². The van der Waals surface area contributed by atoms with Crippen LogP contribution >= 0.6 is 0 Å². The van der Waals surface area contributed by atoms with Gasteiger partial charge in [-0.3, -0.25) is 9.78 Å². The maximum absolute atomic E-state index is 12.4.